The van der Waals surface area contributed by atoms with E-state index in [0.717, 1.165) is 34.1 Å². The average Bonchev–Trinajstić information content (AvgIpc) is 3.11. The Morgan fingerprint density at radius 3 is 2.62 bits per heavy atom. The van der Waals surface area contributed by atoms with Gasteiger partial charge in [0.1, 0.15) is 0 Å². The zero-order valence-corrected chi connectivity index (χ0v) is 12.9. The fourth-order valence-electron chi connectivity index (χ4n) is 2.38. The number of fused-ring (bicyclic) bond motifs is 1. The Balaban J connectivity index is 1.39. The van der Waals surface area contributed by atoms with Crippen LogP contribution in [-0.4, -0.2) is 21.7 Å². The van der Waals surface area contributed by atoms with Crippen LogP contribution in [0, 0.1) is 0 Å². The van der Waals surface area contributed by atoms with Gasteiger partial charge in [0.15, 0.2) is 11.5 Å². The Hall–Kier alpha value is -2.99. The summed E-state index contributed by atoms with van der Waals surface area (Å²) in [6, 6.07) is 11.5. The average molecular weight is 321 g/mol. The van der Waals surface area contributed by atoms with Crippen LogP contribution in [0.4, 0.5) is 0 Å². The highest BCUT2D eigenvalue weighted by molar-refractivity contribution is 5.63. The molecule has 0 radical (unpaired) electrons. The minimum absolute atomic E-state index is 0.261. The first-order valence-electron chi connectivity index (χ1n) is 7.57. The normalized spacial score (nSPS) is 12.3. The minimum atomic E-state index is 0.261. The van der Waals surface area contributed by atoms with Crippen LogP contribution in [0.15, 0.2) is 55.0 Å². The molecule has 3 aromatic rings. The first kappa shape index (κ1) is 14.6. The molecule has 0 unspecified atom stereocenters. The van der Waals surface area contributed by atoms with Gasteiger partial charge in [0, 0.05) is 11.8 Å². The van der Waals surface area contributed by atoms with Gasteiger partial charge in [-0.15, -0.1) is 0 Å². The highest BCUT2D eigenvalue weighted by Crippen LogP contribution is 2.35. The van der Waals surface area contributed by atoms with Crippen molar-refractivity contribution in [2.24, 2.45) is 0 Å². The van der Waals surface area contributed by atoms with E-state index in [-0.39, 0.29) is 6.79 Å². The van der Waals surface area contributed by atoms with Crippen LogP contribution in [0.3, 0.4) is 0 Å². The van der Waals surface area contributed by atoms with Gasteiger partial charge in [0.05, 0.1) is 42.7 Å². The molecule has 120 valence electrons. The zero-order valence-electron chi connectivity index (χ0n) is 12.9. The van der Waals surface area contributed by atoms with Crippen LogP contribution in [-0.2, 0) is 18.0 Å². The van der Waals surface area contributed by atoms with E-state index in [0.29, 0.717) is 13.2 Å². The monoisotopic (exact) mass is 321 g/mol. The van der Waals surface area contributed by atoms with Crippen molar-refractivity contribution in [3.8, 4) is 22.8 Å². The lowest BCUT2D eigenvalue weighted by Crippen LogP contribution is -1.99. The van der Waals surface area contributed by atoms with Crippen LogP contribution in [0.5, 0.6) is 11.5 Å². The van der Waals surface area contributed by atoms with Gasteiger partial charge in [-0.3, -0.25) is 15.0 Å². The van der Waals surface area contributed by atoms with Gasteiger partial charge in [-0.05, 0) is 30.3 Å². The Kier molecular flexibility index (Phi) is 4.04. The molecule has 2 aromatic heterocycles. The summed E-state index contributed by atoms with van der Waals surface area (Å²) in [6.45, 7) is 1.11. The van der Waals surface area contributed by atoms with E-state index in [4.69, 9.17) is 14.2 Å². The summed E-state index contributed by atoms with van der Waals surface area (Å²) in [5.41, 5.74) is 3.38. The summed E-state index contributed by atoms with van der Waals surface area (Å²) in [6.07, 6.45) is 5.20. The summed E-state index contributed by atoms with van der Waals surface area (Å²) < 4.78 is 16.3. The lowest BCUT2D eigenvalue weighted by atomic mass is 10.1. The van der Waals surface area contributed by atoms with E-state index < -0.39 is 0 Å². The smallest absolute Gasteiger partial charge is 0.231 e. The number of aromatic nitrogens is 3. The van der Waals surface area contributed by atoms with Crippen LogP contribution < -0.4 is 9.47 Å². The number of ether oxygens (including phenoxy) is 3. The molecule has 0 fully saturated rings. The summed E-state index contributed by atoms with van der Waals surface area (Å²) >= 11 is 0. The predicted molar refractivity (Wildman–Crippen MR) is 86.3 cm³/mol. The Labute approximate surface area is 139 Å². The predicted octanol–water partition coefficient (Wildman–Crippen LogP) is 2.98. The van der Waals surface area contributed by atoms with E-state index in [1.54, 1.807) is 18.6 Å². The lowest BCUT2D eigenvalue weighted by molar-refractivity contribution is 0.102. The van der Waals surface area contributed by atoms with Crippen LogP contribution in [0.1, 0.15) is 11.4 Å². The SMILES string of the molecule is c1ccc(COCc2cnc(-c3ccc4c(c3)OCO4)cn2)nc1. The molecule has 0 atom stereocenters. The molecular weight excluding hydrogens is 306 g/mol. The van der Waals surface area contributed by atoms with Gasteiger partial charge in [0.2, 0.25) is 6.79 Å². The fourth-order valence-corrected chi connectivity index (χ4v) is 2.38. The summed E-state index contributed by atoms with van der Waals surface area (Å²) in [5, 5.41) is 0. The molecule has 1 aliphatic heterocycles. The highest BCUT2D eigenvalue weighted by atomic mass is 16.7. The summed E-state index contributed by atoms with van der Waals surface area (Å²) in [7, 11) is 0. The Morgan fingerprint density at radius 1 is 0.875 bits per heavy atom. The van der Waals surface area contributed by atoms with E-state index in [1.807, 2.05) is 36.4 Å². The largest absolute Gasteiger partial charge is 0.454 e. The van der Waals surface area contributed by atoms with Crippen molar-refractivity contribution in [1.29, 1.82) is 0 Å². The summed E-state index contributed by atoms with van der Waals surface area (Å²) in [4.78, 5) is 13.1. The molecule has 3 heterocycles. The molecule has 0 saturated carbocycles. The maximum absolute atomic E-state index is 5.61. The number of pyridine rings is 1. The fraction of sp³-hybridized carbons (Fsp3) is 0.167. The standard InChI is InChI=1S/C18H15N3O3/c1-2-6-19-14(3-1)10-22-11-15-8-21-16(9-20-15)13-4-5-17-18(7-13)24-12-23-17/h1-9H,10-12H2. The second kappa shape index (κ2) is 6.64. The van der Waals surface area contributed by atoms with Crippen molar-refractivity contribution in [1.82, 2.24) is 15.0 Å². The molecule has 6 heteroatoms. The van der Waals surface area contributed by atoms with Crippen molar-refractivity contribution >= 4 is 0 Å². The second-order valence-corrected chi connectivity index (χ2v) is 5.27. The van der Waals surface area contributed by atoms with Crippen molar-refractivity contribution < 1.29 is 14.2 Å². The van der Waals surface area contributed by atoms with E-state index >= 15 is 0 Å². The van der Waals surface area contributed by atoms with Crippen molar-refractivity contribution in [2.45, 2.75) is 13.2 Å². The molecule has 1 aliphatic rings. The molecule has 1 aromatic carbocycles. The molecule has 0 spiro atoms. The van der Waals surface area contributed by atoms with Gasteiger partial charge in [-0.1, -0.05) is 6.07 Å². The number of hydrogen-bond acceptors (Lipinski definition) is 6. The third-order valence-corrected chi connectivity index (χ3v) is 3.60. The topological polar surface area (TPSA) is 66.4 Å². The molecule has 4 rings (SSSR count). The Morgan fingerprint density at radius 2 is 1.79 bits per heavy atom. The number of nitrogens with zero attached hydrogens (tertiary/aromatic N) is 3. The van der Waals surface area contributed by atoms with Crippen molar-refractivity contribution in [2.75, 3.05) is 6.79 Å². The molecule has 0 amide bonds. The molecule has 0 bridgehead atoms. The third-order valence-electron chi connectivity index (χ3n) is 3.60. The molecule has 0 saturated heterocycles. The van der Waals surface area contributed by atoms with Gasteiger partial charge >= 0.3 is 0 Å². The van der Waals surface area contributed by atoms with E-state index in [9.17, 15) is 0 Å². The third kappa shape index (κ3) is 3.18. The van der Waals surface area contributed by atoms with Crippen LogP contribution in [0.25, 0.3) is 11.3 Å². The van der Waals surface area contributed by atoms with Gasteiger partial charge in [0.25, 0.3) is 0 Å². The maximum atomic E-state index is 5.61. The lowest BCUT2D eigenvalue weighted by Gasteiger charge is -2.05. The Bertz CT molecular complexity index is 823. The number of hydrogen-bond donors (Lipinski definition) is 0. The molecule has 6 nitrogen and oxygen atoms in total. The first-order valence-corrected chi connectivity index (χ1v) is 7.57. The minimum Gasteiger partial charge on any atom is -0.454 e. The molecule has 24 heavy (non-hydrogen) atoms. The van der Waals surface area contributed by atoms with E-state index in [1.165, 1.54) is 0 Å². The van der Waals surface area contributed by atoms with Crippen LogP contribution in [0.2, 0.25) is 0 Å². The van der Waals surface area contributed by atoms with Gasteiger partial charge < -0.3 is 14.2 Å². The van der Waals surface area contributed by atoms with Gasteiger partial charge in [-0.2, -0.15) is 0 Å². The summed E-state index contributed by atoms with van der Waals surface area (Å²) in [5.74, 6) is 1.49. The van der Waals surface area contributed by atoms with Gasteiger partial charge in [-0.25, -0.2) is 0 Å². The molecule has 0 N–H and O–H groups in total. The maximum Gasteiger partial charge on any atom is 0.231 e. The number of benzene rings is 1. The molecule has 0 aliphatic carbocycles. The highest BCUT2D eigenvalue weighted by Gasteiger charge is 2.14. The van der Waals surface area contributed by atoms with E-state index in [2.05, 4.69) is 15.0 Å². The van der Waals surface area contributed by atoms with Crippen LogP contribution >= 0.6 is 0 Å². The number of rotatable bonds is 5. The van der Waals surface area contributed by atoms with Crippen molar-refractivity contribution in [3.05, 3.63) is 66.4 Å². The first-order chi connectivity index (χ1) is 11.9. The zero-order chi connectivity index (χ0) is 16.2. The second-order valence-electron chi connectivity index (χ2n) is 5.27. The quantitative estimate of drug-likeness (QED) is 0.720. The molecular formula is C18H15N3O3. The van der Waals surface area contributed by atoms with Crippen molar-refractivity contribution in [3.63, 3.8) is 0 Å².